The van der Waals surface area contributed by atoms with E-state index in [1.807, 2.05) is 36.4 Å². The van der Waals surface area contributed by atoms with Crippen molar-refractivity contribution in [1.82, 2.24) is 5.32 Å². The normalized spacial score (nSPS) is 12.8. The fourth-order valence-corrected chi connectivity index (χ4v) is 2.84. The van der Waals surface area contributed by atoms with Crippen molar-refractivity contribution < 1.29 is 9.53 Å². The van der Waals surface area contributed by atoms with Gasteiger partial charge in [0.1, 0.15) is 5.75 Å². The maximum Gasteiger partial charge on any atom is 0.251 e. The van der Waals surface area contributed by atoms with Crippen molar-refractivity contribution >= 4 is 5.91 Å². The quantitative estimate of drug-likeness (QED) is 0.935. The van der Waals surface area contributed by atoms with Gasteiger partial charge < -0.3 is 10.1 Å². The van der Waals surface area contributed by atoms with E-state index in [9.17, 15) is 4.79 Å². The number of hydrogen-bond acceptors (Lipinski definition) is 2. The zero-order valence-electron chi connectivity index (χ0n) is 12.2. The molecule has 0 saturated carbocycles. The van der Waals surface area contributed by atoms with Crippen molar-refractivity contribution in [2.45, 2.75) is 25.8 Å². The van der Waals surface area contributed by atoms with Gasteiger partial charge in [0, 0.05) is 17.7 Å². The van der Waals surface area contributed by atoms with Gasteiger partial charge in [-0.1, -0.05) is 24.3 Å². The first-order valence-electron chi connectivity index (χ1n) is 7.30. The smallest absolute Gasteiger partial charge is 0.251 e. The molecule has 2 aromatic carbocycles. The van der Waals surface area contributed by atoms with Crippen molar-refractivity contribution in [2.24, 2.45) is 0 Å². The minimum Gasteiger partial charge on any atom is -0.496 e. The summed E-state index contributed by atoms with van der Waals surface area (Å²) < 4.78 is 5.29. The van der Waals surface area contributed by atoms with Gasteiger partial charge in [-0.05, 0) is 48.6 Å². The molecule has 1 N–H and O–H groups in total. The van der Waals surface area contributed by atoms with E-state index in [1.54, 1.807) is 7.11 Å². The third kappa shape index (κ3) is 2.92. The van der Waals surface area contributed by atoms with E-state index in [0.29, 0.717) is 6.54 Å². The van der Waals surface area contributed by atoms with Gasteiger partial charge in [-0.15, -0.1) is 0 Å². The Labute approximate surface area is 124 Å². The molecular weight excluding hydrogens is 262 g/mol. The van der Waals surface area contributed by atoms with Crippen molar-refractivity contribution in [1.29, 1.82) is 0 Å². The number of amides is 1. The van der Waals surface area contributed by atoms with Gasteiger partial charge in [-0.25, -0.2) is 0 Å². The molecule has 21 heavy (non-hydrogen) atoms. The molecule has 0 aromatic heterocycles. The van der Waals surface area contributed by atoms with Crippen LogP contribution in [0, 0.1) is 0 Å². The molecule has 108 valence electrons. The average Bonchev–Trinajstić information content (AvgIpc) is 3.00. The van der Waals surface area contributed by atoms with E-state index in [-0.39, 0.29) is 5.91 Å². The number of aryl methyl sites for hydroxylation is 2. The fraction of sp³-hybridized carbons (Fsp3) is 0.278. The molecule has 1 aliphatic carbocycles. The van der Waals surface area contributed by atoms with Crippen LogP contribution in [0.2, 0.25) is 0 Å². The summed E-state index contributed by atoms with van der Waals surface area (Å²) in [6.45, 7) is 0.472. The molecule has 0 saturated heterocycles. The van der Waals surface area contributed by atoms with Gasteiger partial charge in [0.05, 0.1) is 7.11 Å². The van der Waals surface area contributed by atoms with Crippen LogP contribution >= 0.6 is 0 Å². The number of ether oxygens (including phenoxy) is 1. The lowest BCUT2D eigenvalue weighted by Crippen LogP contribution is -2.23. The largest absolute Gasteiger partial charge is 0.496 e. The number of methoxy groups -OCH3 is 1. The van der Waals surface area contributed by atoms with E-state index in [0.717, 1.165) is 29.7 Å². The molecule has 3 rings (SSSR count). The van der Waals surface area contributed by atoms with Crippen LogP contribution in [0.15, 0.2) is 42.5 Å². The Morgan fingerprint density at radius 2 is 1.95 bits per heavy atom. The van der Waals surface area contributed by atoms with Crippen LogP contribution in [0.25, 0.3) is 0 Å². The van der Waals surface area contributed by atoms with Crippen molar-refractivity contribution in [3.63, 3.8) is 0 Å². The predicted octanol–water partition coefficient (Wildman–Crippen LogP) is 3.11. The minimum atomic E-state index is -0.0318. The highest BCUT2D eigenvalue weighted by Crippen LogP contribution is 2.23. The third-order valence-electron chi connectivity index (χ3n) is 3.99. The first-order valence-corrected chi connectivity index (χ1v) is 7.30. The van der Waals surface area contributed by atoms with Crippen molar-refractivity contribution in [3.8, 4) is 5.75 Å². The number of fused-ring (bicyclic) bond motifs is 1. The molecule has 3 nitrogen and oxygen atoms in total. The fourth-order valence-electron chi connectivity index (χ4n) is 2.84. The molecule has 0 aliphatic heterocycles. The van der Waals surface area contributed by atoms with Crippen molar-refractivity contribution in [2.75, 3.05) is 7.11 Å². The SMILES string of the molecule is COc1ccccc1CNC(=O)c1ccc2c(c1)CCC2. The van der Waals surface area contributed by atoms with E-state index >= 15 is 0 Å². The Morgan fingerprint density at radius 3 is 2.81 bits per heavy atom. The molecule has 0 bridgehead atoms. The monoisotopic (exact) mass is 281 g/mol. The van der Waals surface area contributed by atoms with E-state index in [2.05, 4.69) is 11.4 Å². The van der Waals surface area contributed by atoms with Gasteiger partial charge in [0.25, 0.3) is 5.91 Å². The van der Waals surface area contributed by atoms with Crippen LogP contribution in [0.1, 0.15) is 33.5 Å². The summed E-state index contributed by atoms with van der Waals surface area (Å²) in [7, 11) is 1.64. The molecule has 0 unspecified atom stereocenters. The van der Waals surface area contributed by atoms with Crippen LogP contribution in [0.5, 0.6) is 5.75 Å². The van der Waals surface area contributed by atoms with Crippen LogP contribution in [-0.4, -0.2) is 13.0 Å². The number of hydrogen-bond donors (Lipinski definition) is 1. The molecule has 1 aliphatic rings. The highest BCUT2D eigenvalue weighted by molar-refractivity contribution is 5.94. The molecule has 0 heterocycles. The lowest BCUT2D eigenvalue weighted by atomic mass is 10.1. The number of carbonyl (C=O) groups excluding carboxylic acids is 1. The van der Waals surface area contributed by atoms with E-state index in [1.165, 1.54) is 17.5 Å². The number of para-hydroxylation sites is 1. The summed E-state index contributed by atoms with van der Waals surface area (Å²) in [5.41, 5.74) is 4.43. The summed E-state index contributed by atoms with van der Waals surface area (Å²) in [5.74, 6) is 0.766. The molecule has 0 atom stereocenters. The van der Waals surface area contributed by atoms with E-state index < -0.39 is 0 Å². The number of rotatable bonds is 4. The number of benzene rings is 2. The average molecular weight is 281 g/mol. The van der Waals surface area contributed by atoms with Crippen LogP contribution in [0.4, 0.5) is 0 Å². The number of nitrogens with one attached hydrogen (secondary N) is 1. The Hall–Kier alpha value is -2.29. The van der Waals surface area contributed by atoms with Crippen LogP contribution < -0.4 is 10.1 Å². The highest BCUT2D eigenvalue weighted by Gasteiger charge is 2.14. The lowest BCUT2D eigenvalue weighted by Gasteiger charge is -2.10. The number of carbonyl (C=O) groups is 1. The molecule has 3 heteroatoms. The van der Waals surface area contributed by atoms with Crippen LogP contribution in [0.3, 0.4) is 0 Å². The Kier molecular flexibility index (Phi) is 3.91. The van der Waals surface area contributed by atoms with Gasteiger partial charge >= 0.3 is 0 Å². The molecule has 2 aromatic rings. The first-order chi connectivity index (χ1) is 10.3. The highest BCUT2D eigenvalue weighted by atomic mass is 16.5. The summed E-state index contributed by atoms with van der Waals surface area (Å²) in [4.78, 5) is 12.3. The summed E-state index contributed by atoms with van der Waals surface area (Å²) >= 11 is 0. The Morgan fingerprint density at radius 1 is 1.14 bits per heavy atom. The zero-order chi connectivity index (χ0) is 14.7. The standard InChI is InChI=1S/C18H19NO2/c1-21-17-8-3-2-5-16(17)12-19-18(20)15-10-9-13-6-4-7-14(13)11-15/h2-3,5,8-11H,4,6-7,12H2,1H3,(H,19,20). The molecule has 1 amide bonds. The Balaban J connectivity index is 1.69. The first kappa shape index (κ1) is 13.7. The van der Waals surface area contributed by atoms with Crippen LogP contribution in [-0.2, 0) is 19.4 Å². The molecule has 0 fully saturated rings. The van der Waals surface area contributed by atoms with Gasteiger partial charge in [0.15, 0.2) is 0 Å². The van der Waals surface area contributed by atoms with Gasteiger partial charge in [-0.2, -0.15) is 0 Å². The van der Waals surface area contributed by atoms with Gasteiger partial charge in [-0.3, -0.25) is 4.79 Å². The summed E-state index contributed by atoms with van der Waals surface area (Å²) in [6.07, 6.45) is 3.42. The van der Waals surface area contributed by atoms with Gasteiger partial charge in [0.2, 0.25) is 0 Å². The summed E-state index contributed by atoms with van der Waals surface area (Å²) in [5, 5.41) is 2.96. The second-order valence-corrected chi connectivity index (χ2v) is 5.33. The van der Waals surface area contributed by atoms with Crippen molar-refractivity contribution in [3.05, 3.63) is 64.7 Å². The second kappa shape index (κ2) is 6.00. The Bertz CT molecular complexity index is 664. The second-order valence-electron chi connectivity index (χ2n) is 5.33. The minimum absolute atomic E-state index is 0.0318. The maximum atomic E-state index is 12.3. The zero-order valence-corrected chi connectivity index (χ0v) is 12.2. The maximum absolute atomic E-state index is 12.3. The third-order valence-corrected chi connectivity index (χ3v) is 3.99. The topological polar surface area (TPSA) is 38.3 Å². The predicted molar refractivity (Wildman–Crippen MR) is 82.6 cm³/mol. The molecule has 0 radical (unpaired) electrons. The van der Waals surface area contributed by atoms with E-state index in [4.69, 9.17) is 4.74 Å². The molecular formula is C18H19NO2. The lowest BCUT2D eigenvalue weighted by molar-refractivity contribution is 0.0950. The molecule has 0 spiro atoms. The summed E-state index contributed by atoms with van der Waals surface area (Å²) in [6, 6.07) is 13.8.